The summed E-state index contributed by atoms with van der Waals surface area (Å²) < 4.78 is 12.1. The topological polar surface area (TPSA) is 82.4 Å². The number of fused-ring (bicyclic) bond motifs is 1. The second-order valence-electron chi connectivity index (χ2n) is 7.89. The second kappa shape index (κ2) is 10.7. The zero-order chi connectivity index (χ0) is 23.3. The highest BCUT2D eigenvalue weighted by atomic mass is 32.2. The van der Waals surface area contributed by atoms with Gasteiger partial charge in [-0.2, -0.15) is 0 Å². The smallest absolute Gasteiger partial charge is 0.262 e. The van der Waals surface area contributed by atoms with E-state index in [0.717, 1.165) is 0 Å². The lowest BCUT2D eigenvalue weighted by Crippen LogP contribution is -2.33. The minimum absolute atomic E-state index is 0.00722. The van der Waals surface area contributed by atoms with E-state index in [2.05, 4.69) is 5.32 Å². The standard InChI is InChI=1S/C24H29N3O4S/c1-15(2)21(22(28)25-17-10-12-18(31-5)13-11-17)32-24-26-20-9-7-6-8-19(20)23(29)27(24)16(3)14-30-4/h6-13,15-16,21H,14H2,1-5H3,(H,25,28)/t16-,21-/m0/s1. The molecule has 7 nitrogen and oxygen atoms in total. The van der Waals surface area contributed by atoms with Crippen molar-refractivity contribution in [2.75, 3.05) is 26.1 Å². The van der Waals surface area contributed by atoms with Gasteiger partial charge in [-0.05, 0) is 49.2 Å². The number of hydrogen-bond donors (Lipinski definition) is 1. The lowest BCUT2D eigenvalue weighted by Gasteiger charge is -2.24. The number of rotatable bonds is 9. The Hall–Kier alpha value is -2.84. The van der Waals surface area contributed by atoms with Crippen LogP contribution >= 0.6 is 11.8 Å². The molecule has 2 aromatic carbocycles. The van der Waals surface area contributed by atoms with Crippen molar-refractivity contribution >= 4 is 34.3 Å². The van der Waals surface area contributed by atoms with Crippen molar-refractivity contribution in [2.45, 2.75) is 37.2 Å². The molecule has 0 saturated carbocycles. The number of para-hydroxylation sites is 1. The van der Waals surface area contributed by atoms with E-state index >= 15 is 0 Å². The highest BCUT2D eigenvalue weighted by Gasteiger charge is 2.27. The van der Waals surface area contributed by atoms with Crippen molar-refractivity contribution in [1.82, 2.24) is 9.55 Å². The molecular formula is C24H29N3O4S. The number of benzene rings is 2. The molecule has 3 rings (SSSR count). The Bertz CT molecular complexity index is 1130. The van der Waals surface area contributed by atoms with E-state index < -0.39 is 5.25 Å². The first-order valence-electron chi connectivity index (χ1n) is 10.5. The first kappa shape index (κ1) is 23.8. The molecule has 3 aromatic rings. The zero-order valence-electron chi connectivity index (χ0n) is 19.0. The van der Waals surface area contributed by atoms with E-state index in [9.17, 15) is 9.59 Å². The predicted molar refractivity (Wildman–Crippen MR) is 129 cm³/mol. The average molecular weight is 456 g/mol. The SMILES string of the molecule is COC[C@H](C)n1c(S[C@H](C(=O)Nc2ccc(OC)cc2)C(C)C)nc2ccccc2c1=O. The molecule has 1 N–H and O–H groups in total. The van der Waals surface area contributed by atoms with E-state index in [-0.39, 0.29) is 23.4 Å². The number of methoxy groups -OCH3 is 2. The Morgan fingerprint density at radius 3 is 2.41 bits per heavy atom. The highest BCUT2D eigenvalue weighted by Crippen LogP contribution is 2.30. The fraction of sp³-hybridized carbons (Fsp3) is 0.375. The maximum atomic E-state index is 13.3. The molecule has 0 fully saturated rings. The Morgan fingerprint density at radius 2 is 1.78 bits per heavy atom. The summed E-state index contributed by atoms with van der Waals surface area (Å²) in [5.41, 5.74) is 1.15. The van der Waals surface area contributed by atoms with Crippen molar-refractivity contribution in [3.63, 3.8) is 0 Å². The van der Waals surface area contributed by atoms with Gasteiger partial charge in [0.25, 0.3) is 5.56 Å². The fourth-order valence-corrected chi connectivity index (χ4v) is 4.60. The van der Waals surface area contributed by atoms with E-state index in [1.165, 1.54) is 11.8 Å². The maximum Gasteiger partial charge on any atom is 0.262 e. The van der Waals surface area contributed by atoms with Crippen molar-refractivity contribution in [3.8, 4) is 5.75 Å². The molecule has 0 unspecified atom stereocenters. The third-order valence-electron chi connectivity index (χ3n) is 5.08. The van der Waals surface area contributed by atoms with E-state index in [4.69, 9.17) is 14.5 Å². The molecule has 1 aromatic heterocycles. The van der Waals surface area contributed by atoms with Gasteiger partial charge in [0.15, 0.2) is 5.16 Å². The number of nitrogens with one attached hydrogen (secondary N) is 1. The second-order valence-corrected chi connectivity index (χ2v) is 9.00. The molecule has 1 amide bonds. The number of nitrogens with zero attached hydrogens (tertiary/aromatic N) is 2. The van der Waals surface area contributed by atoms with Crippen molar-refractivity contribution in [3.05, 3.63) is 58.9 Å². The van der Waals surface area contributed by atoms with Gasteiger partial charge in [0.05, 0.1) is 35.9 Å². The molecule has 32 heavy (non-hydrogen) atoms. The Morgan fingerprint density at radius 1 is 1.09 bits per heavy atom. The lowest BCUT2D eigenvalue weighted by molar-refractivity contribution is -0.116. The van der Waals surface area contributed by atoms with Crippen molar-refractivity contribution < 1.29 is 14.3 Å². The summed E-state index contributed by atoms with van der Waals surface area (Å²) in [6.45, 7) is 6.23. The van der Waals surface area contributed by atoms with Crippen LogP contribution in [0.4, 0.5) is 5.69 Å². The number of carbonyl (C=O) groups is 1. The van der Waals surface area contributed by atoms with Crippen LogP contribution in [0.5, 0.6) is 5.75 Å². The first-order valence-corrected chi connectivity index (χ1v) is 11.4. The van der Waals surface area contributed by atoms with E-state index in [0.29, 0.717) is 34.1 Å². The Balaban J connectivity index is 1.96. The van der Waals surface area contributed by atoms with Crippen LogP contribution < -0.4 is 15.6 Å². The Labute approximate surface area is 192 Å². The molecule has 0 spiro atoms. The quantitative estimate of drug-likeness (QED) is 0.381. The van der Waals surface area contributed by atoms with Gasteiger partial charge in [0.2, 0.25) is 5.91 Å². The summed E-state index contributed by atoms with van der Waals surface area (Å²) in [5.74, 6) is 0.575. The van der Waals surface area contributed by atoms with Crippen LogP contribution in [-0.2, 0) is 9.53 Å². The van der Waals surface area contributed by atoms with Crippen molar-refractivity contribution in [2.24, 2.45) is 5.92 Å². The molecule has 0 bridgehead atoms. The van der Waals surface area contributed by atoms with Crippen LogP contribution in [0.15, 0.2) is 58.5 Å². The lowest BCUT2D eigenvalue weighted by atomic mass is 10.1. The third-order valence-corrected chi connectivity index (χ3v) is 6.59. The minimum Gasteiger partial charge on any atom is -0.497 e. The molecule has 0 aliphatic carbocycles. The summed E-state index contributed by atoms with van der Waals surface area (Å²) in [7, 11) is 3.20. The van der Waals surface area contributed by atoms with Crippen LogP contribution in [0.3, 0.4) is 0 Å². The van der Waals surface area contributed by atoms with Gasteiger partial charge >= 0.3 is 0 Å². The van der Waals surface area contributed by atoms with Crippen molar-refractivity contribution in [1.29, 1.82) is 0 Å². The monoisotopic (exact) mass is 455 g/mol. The van der Waals surface area contributed by atoms with Crippen LogP contribution in [0.25, 0.3) is 10.9 Å². The number of anilines is 1. The van der Waals surface area contributed by atoms with Gasteiger partial charge in [-0.1, -0.05) is 37.7 Å². The maximum absolute atomic E-state index is 13.3. The van der Waals surface area contributed by atoms with Gasteiger partial charge in [-0.15, -0.1) is 0 Å². The molecule has 0 aliphatic rings. The number of thioether (sulfide) groups is 1. The van der Waals surface area contributed by atoms with Crippen LogP contribution in [-0.4, -0.2) is 41.5 Å². The fourth-order valence-electron chi connectivity index (χ4n) is 3.41. The van der Waals surface area contributed by atoms with Gasteiger partial charge in [-0.3, -0.25) is 14.2 Å². The number of ether oxygens (including phenoxy) is 2. The predicted octanol–water partition coefficient (Wildman–Crippen LogP) is 4.37. The molecular weight excluding hydrogens is 426 g/mol. The number of aromatic nitrogens is 2. The summed E-state index contributed by atoms with van der Waals surface area (Å²) in [5, 5.41) is 3.56. The molecule has 0 saturated heterocycles. The third kappa shape index (κ3) is 5.31. The van der Waals surface area contributed by atoms with Crippen LogP contribution in [0.2, 0.25) is 0 Å². The summed E-state index contributed by atoms with van der Waals surface area (Å²) in [6, 6.07) is 14.2. The molecule has 170 valence electrons. The average Bonchev–Trinajstić information content (AvgIpc) is 2.78. The molecule has 0 radical (unpaired) electrons. The number of hydrogen-bond acceptors (Lipinski definition) is 6. The van der Waals surface area contributed by atoms with Gasteiger partial charge in [-0.25, -0.2) is 4.98 Å². The molecule has 1 heterocycles. The van der Waals surface area contributed by atoms with Crippen LogP contribution in [0, 0.1) is 5.92 Å². The molecule has 2 atom stereocenters. The minimum atomic E-state index is -0.453. The zero-order valence-corrected chi connectivity index (χ0v) is 19.8. The summed E-state index contributed by atoms with van der Waals surface area (Å²) in [4.78, 5) is 31.2. The molecule has 0 aliphatic heterocycles. The van der Waals surface area contributed by atoms with Crippen LogP contribution in [0.1, 0.15) is 26.8 Å². The molecule has 8 heteroatoms. The highest BCUT2D eigenvalue weighted by molar-refractivity contribution is 8.00. The Kier molecular flexibility index (Phi) is 7.93. The first-order chi connectivity index (χ1) is 15.3. The summed E-state index contributed by atoms with van der Waals surface area (Å²) >= 11 is 1.30. The van der Waals surface area contributed by atoms with Gasteiger partial charge in [0, 0.05) is 12.8 Å². The summed E-state index contributed by atoms with van der Waals surface area (Å²) in [6.07, 6.45) is 0. The van der Waals surface area contributed by atoms with E-state index in [1.807, 2.05) is 39.0 Å². The van der Waals surface area contributed by atoms with Gasteiger partial charge < -0.3 is 14.8 Å². The van der Waals surface area contributed by atoms with Gasteiger partial charge in [0.1, 0.15) is 5.75 Å². The number of amides is 1. The largest absolute Gasteiger partial charge is 0.497 e. The van der Waals surface area contributed by atoms with E-state index in [1.54, 1.807) is 49.1 Å². The normalized spacial score (nSPS) is 13.2. The number of carbonyl (C=O) groups excluding carboxylic acids is 1.